The lowest BCUT2D eigenvalue weighted by Gasteiger charge is -2.06. The number of nitrogens with two attached hydrogens (primary N) is 1. The number of aromatic nitrogens is 2. The van der Waals surface area contributed by atoms with E-state index in [9.17, 15) is 14.9 Å². The quantitative estimate of drug-likeness (QED) is 0.518. The van der Waals surface area contributed by atoms with E-state index in [0.717, 1.165) is 0 Å². The first kappa shape index (κ1) is 14.0. The number of hydrogen-bond acceptors (Lipinski definition) is 6. The van der Waals surface area contributed by atoms with Gasteiger partial charge in [-0.1, -0.05) is 0 Å². The fraction of sp³-hybridized carbons (Fsp3) is 0.0909. The van der Waals surface area contributed by atoms with Crippen molar-refractivity contribution in [1.29, 1.82) is 0 Å². The summed E-state index contributed by atoms with van der Waals surface area (Å²) in [5.41, 5.74) is 6.05. The molecule has 104 valence electrons. The van der Waals surface area contributed by atoms with E-state index in [2.05, 4.69) is 25.7 Å². The maximum absolute atomic E-state index is 11.4. The summed E-state index contributed by atoms with van der Waals surface area (Å²) in [6, 6.07) is 4.45. The zero-order valence-electron chi connectivity index (χ0n) is 10.2. The molecule has 0 amide bonds. The lowest BCUT2D eigenvalue weighted by atomic mass is 10.3. The highest BCUT2D eigenvalue weighted by Crippen LogP contribution is 2.28. The number of rotatable bonds is 3. The second kappa shape index (κ2) is 5.29. The Kier molecular flexibility index (Phi) is 3.70. The molecule has 2 rings (SSSR count). The SMILES string of the molecule is COC(=O)c1ncn(-c2ccc(Br)c([N+](=O)[O-])c2)c1N. The van der Waals surface area contributed by atoms with Gasteiger partial charge in [-0.25, -0.2) is 9.78 Å². The average molecular weight is 341 g/mol. The summed E-state index contributed by atoms with van der Waals surface area (Å²) in [6.07, 6.45) is 1.30. The number of esters is 1. The number of nitro benzene ring substituents is 1. The molecule has 1 heterocycles. The summed E-state index contributed by atoms with van der Waals surface area (Å²) in [4.78, 5) is 25.6. The van der Waals surface area contributed by atoms with Gasteiger partial charge in [0.25, 0.3) is 5.69 Å². The number of halogens is 1. The molecule has 1 aromatic heterocycles. The van der Waals surface area contributed by atoms with Crippen molar-refractivity contribution in [3.8, 4) is 5.69 Å². The molecule has 0 saturated heterocycles. The van der Waals surface area contributed by atoms with Crippen molar-refractivity contribution in [2.45, 2.75) is 0 Å². The number of methoxy groups -OCH3 is 1. The number of nitro groups is 1. The Morgan fingerprint density at radius 2 is 2.25 bits per heavy atom. The molecule has 2 N–H and O–H groups in total. The van der Waals surface area contributed by atoms with Crippen LogP contribution >= 0.6 is 15.9 Å². The lowest BCUT2D eigenvalue weighted by Crippen LogP contribution is -2.07. The van der Waals surface area contributed by atoms with Gasteiger partial charge < -0.3 is 10.5 Å². The van der Waals surface area contributed by atoms with E-state index < -0.39 is 10.9 Å². The number of ether oxygens (including phenoxy) is 1. The maximum Gasteiger partial charge on any atom is 0.360 e. The number of imidazole rings is 1. The van der Waals surface area contributed by atoms with E-state index in [-0.39, 0.29) is 17.2 Å². The number of nitrogen functional groups attached to an aromatic ring is 1. The number of hydrogen-bond donors (Lipinski definition) is 1. The third kappa shape index (κ3) is 2.35. The van der Waals surface area contributed by atoms with Gasteiger partial charge in [0.15, 0.2) is 5.69 Å². The molecule has 2 aromatic rings. The number of anilines is 1. The molecular formula is C11H9BrN4O4. The van der Waals surface area contributed by atoms with Crippen LogP contribution in [-0.4, -0.2) is 27.6 Å². The van der Waals surface area contributed by atoms with Crippen LogP contribution in [0.15, 0.2) is 29.0 Å². The summed E-state index contributed by atoms with van der Waals surface area (Å²) >= 11 is 3.09. The van der Waals surface area contributed by atoms with Gasteiger partial charge in [0.05, 0.1) is 22.2 Å². The number of carbonyl (C=O) groups is 1. The van der Waals surface area contributed by atoms with Gasteiger partial charge in [0.1, 0.15) is 12.1 Å². The molecule has 0 radical (unpaired) electrons. The van der Waals surface area contributed by atoms with E-state index in [0.29, 0.717) is 10.2 Å². The first-order valence-corrected chi connectivity index (χ1v) is 6.10. The molecule has 0 bridgehead atoms. The van der Waals surface area contributed by atoms with Crippen LogP contribution in [0.2, 0.25) is 0 Å². The molecule has 9 heteroatoms. The fourth-order valence-electron chi connectivity index (χ4n) is 1.61. The molecule has 8 nitrogen and oxygen atoms in total. The summed E-state index contributed by atoms with van der Waals surface area (Å²) in [5.74, 6) is -0.624. The Bertz CT molecular complexity index is 698. The van der Waals surface area contributed by atoms with Gasteiger partial charge in [0, 0.05) is 6.07 Å². The van der Waals surface area contributed by atoms with Crippen LogP contribution < -0.4 is 5.73 Å². The van der Waals surface area contributed by atoms with Gasteiger partial charge in [0.2, 0.25) is 0 Å². The minimum Gasteiger partial charge on any atom is -0.464 e. The van der Waals surface area contributed by atoms with Gasteiger partial charge in [-0.15, -0.1) is 0 Å². The zero-order valence-corrected chi connectivity index (χ0v) is 11.8. The largest absolute Gasteiger partial charge is 0.464 e. The predicted molar refractivity (Wildman–Crippen MR) is 73.7 cm³/mol. The van der Waals surface area contributed by atoms with Crippen LogP contribution in [0.1, 0.15) is 10.5 Å². The van der Waals surface area contributed by atoms with Gasteiger partial charge in [-0.05, 0) is 28.1 Å². The molecule has 0 spiro atoms. The monoisotopic (exact) mass is 340 g/mol. The normalized spacial score (nSPS) is 10.3. The van der Waals surface area contributed by atoms with E-state index in [1.54, 1.807) is 6.07 Å². The van der Waals surface area contributed by atoms with Gasteiger partial charge >= 0.3 is 5.97 Å². The van der Waals surface area contributed by atoms with Crippen LogP contribution in [0.4, 0.5) is 11.5 Å². The Labute approximate surface area is 121 Å². The third-order valence-electron chi connectivity index (χ3n) is 2.59. The minimum absolute atomic E-state index is 0.0435. The molecule has 0 unspecified atom stereocenters. The molecule has 0 aliphatic rings. The van der Waals surface area contributed by atoms with E-state index in [4.69, 9.17) is 5.73 Å². The van der Waals surface area contributed by atoms with Crippen molar-refractivity contribution in [3.63, 3.8) is 0 Å². The number of carbonyl (C=O) groups excluding carboxylic acids is 1. The van der Waals surface area contributed by atoms with E-state index >= 15 is 0 Å². The zero-order chi connectivity index (χ0) is 14.9. The van der Waals surface area contributed by atoms with E-state index in [1.165, 1.54) is 30.1 Å². The smallest absolute Gasteiger partial charge is 0.360 e. The molecular weight excluding hydrogens is 332 g/mol. The van der Waals surface area contributed by atoms with Gasteiger partial charge in [-0.3, -0.25) is 14.7 Å². The Morgan fingerprint density at radius 3 is 2.85 bits per heavy atom. The summed E-state index contributed by atoms with van der Waals surface area (Å²) in [5, 5.41) is 10.9. The Balaban J connectivity index is 2.53. The standard InChI is InChI=1S/C11H9BrN4O4/c1-20-11(17)9-10(13)15(5-14-9)6-2-3-7(12)8(4-6)16(18)19/h2-5H,13H2,1H3. The molecule has 0 saturated carbocycles. The first-order valence-electron chi connectivity index (χ1n) is 5.31. The summed E-state index contributed by atoms with van der Waals surface area (Å²) < 4.78 is 6.25. The summed E-state index contributed by atoms with van der Waals surface area (Å²) in [6.45, 7) is 0. The van der Waals surface area contributed by atoms with Crippen molar-refractivity contribution in [1.82, 2.24) is 9.55 Å². The van der Waals surface area contributed by atoms with Crippen molar-refractivity contribution in [3.05, 3.63) is 44.8 Å². The van der Waals surface area contributed by atoms with E-state index in [1.807, 2.05) is 0 Å². The predicted octanol–water partition coefficient (Wildman–Crippen LogP) is 1.91. The second-order valence-electron chi connectivity index (χ2n) is 3.73. The average Bonchev–Trinajstić information content (AvgIpc) is 2.80. The maximum atomic E-state index is 11.4. The van der Waals surface area contributed by atoms with Crippen LogP contribution in [-0.2, 0) is 4.74 Å². The summed E-state index contributed by atoms with van der Waals surface area (Å²) in [7, 11) is 1.21. The van der Waals surface area contributed by atoms with Crippen molar-refractivity contribution < 1.29 is 14.5 Å². The highest BCUT2D eigenvalue weighted by atomic mass is 79.9. The molecule has 0 aliphatic carbocycles. The van der Waals surface area contributed by atoms with Crippen LogP contribution in [0.3, 0.4) is 0 Å². The van der Waals surface area contributed by atoms with Gasteiger partial charge in [-0.2, -0.15) is 0 Å². The number of benzene rings is 1. The van der Waals surface area contributed by atoms with Crippen LogP contribution in [0, 0.1) is 10.1 Å². The highest BCUT2D eigenvalue weighted by Gasteiger charge is 2.19. The molecule has 1 aromatic carbocycles. The third-order valence-corrected chi connectivity index (χ3v) is 3.26. The molecule has 0 aliphatic heterocycles. The fourth-order valence-corrected chi connectivity index (χ4v) is 2.00. The van der Waals surface area contributed by atoms with Crippen molar-refractivity contribution in [2.24, 2.45) is 0 Å². The molecule has 0 fully saturated rings. The highest BCUT2D eigenvalue weighted by molar-refractivity contribution is 9.10. The molecule has 20 heavy (non-hydrogen) atoms. The topological polar surface area (TPSA) is 113 Å². The number of nitrogens with zero attached hydrogens (tertiary/aromatic N) is 3. The first-order chi connectivity index (χ1) is 9.45. The lowest BCUT2D eigenvalue weighted by molar-refractivity contribution is -0.385. The molecule has 0 atom stereocenters. The van der Waals surface area contributed by atoms with Crippen LogP contribution in [0.5, 0.6) is 0 Å². The second-order valence-corrected chi connectivity index (χ2v) is 4.59. The van der Waals surface area contributed by atoms with Crippen molar-refractivity contribution >= 4 is 33.4 Å². The Hall–Kier alpha value is -2.42. The Morgan fingerprint density at radius 1 is 1.55 bits per heavy atom. The minimum atomic E-state index is -0.673. The van der Waals surface area contributed by atoms with Crippen LogP contribution in [0.25, 0.3) is 5.69 Å². The van der Waals surface area contributed by atoms with Crippen molar-refractivity contribution in [2.75, 3.05) is 12.8 Å².